The van der Waals surface area contributed by atoms with E-state index in [4.69, 9.17) is 15.0 Å². The lowest BCUT2D eigenvalue weighted by molar-refractivity contribution is 0.527. The van der Waals surface area contributed by atoms with Crippen molar-refractivity contribution >= 4 is 16.7 Å². The highest BCUT2D eigenvalue weighted by atomic mass is 15.3. The van der Waals surface area contributed by atoms with Crippen LogP contribution >= 0.6 is 0 Å². The second-order valence-electron chi connectivity index (χ2n) is 10.9. The Bertz CT molecular complexity index is 1830. The van der Waals surface area contributed by atoms with Crippen LogP contribution < -0.4 is 4.90 Å². The highest BCUT2D eigenvalue weighted by molar-refractivity contribution is 5.87. The van der Waals surface area contributed by atoms with Gasteiger partial charge in [-0.1, -0.05) is 140 Å². The standard InChI is InChI=1S/C37H28N4/c1-2-11-27(12-3-1)35-38-36(28-21-18-26(19-22-28)30-23-20-25-10-4-5-13-29(25)24-30)40-37(39-35)41-33-16-8-6-14-31(33)32-15-7-9-17-34(32)41/h1-24,31-34H. The van der Waals surface area contributed by atoms with Crippen LogP contribution in [0.25, 0.3) is 44.7 Å². The molecule has 0 saturated carbocycles. The highest BCUT2D eigenvalue weighted by Gasteiger charge is 2.47. The molecule has 1 saturated heterocycles. The van der Waals surface area contributed by atoms with Gasteiger partial charge in [0.15, 0.2) is 11.6 Å². The van der Waals surface area contributed by atoms with Gasteiger partial charge in [-0.15, -0.1) is 0 Å². The third-order valence-electron chi connectivity index (χ3n) is 8.49. The fourth-order valence-electron chi connectivity index (χ4n) is 6.47. The van der Waals surface area contributed by atoms with Gasteiger partial charge in [0.2, 0.25) is 5.95 Å². The van der Waals surface area contributed by atoms with Gasteiger partial charge >= 0.3 is 0 Å². The molecule has 8 rings (SSSR count). The van der Waals surface area contributed by atoms with Crippen molar-refractivity contribution < 1.29 is 0 Å². The number of hydrogen-bond acceptors (Lipinski definition) is 4. The van der Waals surface area contributed by atoms with Gasteiger partial charge in [-0.25, -0.2) is 4.98 Å². The first-order valence-corrected chi connectivity index (χ1v) is 14.2. The molecule has 3 aliphatic rings. The predicted molar refractivity (Wildman–Crippen MR) is 167 cm³/mol. The van der Waals surface area contributed by atoms with Crippen molar-refractivity contribution in [3.63, 3.8) is 0 Å². The fraction of sp³-hybridized carbons (Fsp3) is 0.108. The van der Waals surface area contributed by atoms with Crippen LogP contribution in [-0.2, 0) is 0 Å². The van der Waals surface area contributed by atoms with Gasteiger partial charge in [0.1, 0.15) is 0 Å². The van der Waals surface area contributed by atoms with Gasteiger partial charge in [0.25, 0.3) is 0 Å². The maximum Gasteiger partial charge on any atom is 0.230 e. The van der Waals surface area contributed by atoms with Crippen LogP contribution in [0.3, 0.4) is 0 Å². The van der Waals surface area contributed by atoms with Gasteiger partial charge in [0.05, 0.1) is 12.1 Å². The second kappa shape index (κ2) is 9.83. The molecule has 1 fully saturated rings. The summed E-state index contributed by atoms with van der Waals surface area (Å²) in [5, 5.41) is 2.49. The Labute approximate surface area is 239 Å². The lowest BCUT2D eigenvalue weighted by Crippen LogP contribution is -2.38. The zero-order chi connectivity index (χ0) is 27.2. The van der Waals surface area contributed by atoms with Crippen LogP contribution in [0.2, 0.25) is 0 Å². The molecule has 4 atom stereocenters. The molecule has 4 nitrogen and oxygen atoms in total. The van der Waals surface area contributed by atoms with E-state index < -0.39 is 0 Å². The SMILES string of the molecule is C1=CC2C3C=CC=CC3N(c3nc(-c4ccccc4)nc(-c4ccc(-c5ccc6ccccc6c5)cc4)n3)C2C=C1. The Morgan fingerprint density at radius 3 is 1.66 bits per heavy atom. The molecule has 0 amide bonds. The van der Waals surface area contributed by atoms with Crippen LogP contribution in [-0.4, -0.2) is 27.0 Å². The van der Waals surface area contributed by atoms with E-state index in [1.165, 1.54) is 21.9 Å². The summed E-state index contributed by atoms with van der Waals surface area (Å²) in [5.74, 6) is 2.86. The normalized spacial score (nSPS) is 22.2. The Morgan fingerprint density at radius 2 is 0.976 bits per heavy atom. The summed E-state index contributed by atoms with van der Waals surface area (Å²) in [5.41, 5.74) is 4.32. The van der Waals surface area contributed by atoms with Crippen molar-refractivity contribution in [3.05, 3.63) is 146 Å². The van der Waals surface area contributed by atoms with Crippen molar-refractivity contribution in [2.45, 2.75) is 12.1 Å². The maximum absolute atomic E-state index is 5.12. The van der Waals surface area contributed by atoms with E-state index in [1.807, 2.05) is 18.2 Å². The van der Waals surface area contributed by atoms with Crippen molar-refractivity contribution in [1.82, 2.24) is 15.0 Å². The number of allylic oxidation sites excluding steroid dienone is 4. The number of hydrogen-bond donors (Lipinski definition) is 0. The van der Waals surface area contributed by atoms with Crippen LogP contribution in [0, 0.1) is 11.8 Å². The Balaban J connectivity index is 1.22. The third-order valence-corrected chi connectivity index (χ3v) is 8.49. The molecule has 1 aromatic heterocycles. The summed E-state index contributed by atoms with van der Waals surface area (Å²) in [6.07, 6.45) is 17.9. The van der Waals surface area contributed by atoms with E-state index in [0.29, 0.717) is 23.5 Å². The first kappa shape index (κ1) is 23.8. The van der Waals surface area contributed by atoms with Crippen molar-refractivity contribution in [2.24, 2.45) is 11.8 Å². The number of nitrogens with zero attached hydrogens (tertiary/aromatic N) is 4. The summed E-state index contributed by atoms with van der Waals surface area (Å²) in [6, 6.07) is 34.3. The van der Waals surface area contributed by atoms with Crippen molar-refractivity contribution in [3.8, 4) is 33.9 Å². The summed E-state index contributed by atoms with van der Waals surface area (Å²) >= 11 is 0. The Hall–Kier alpha value is -5.09. The summed E-state index contributed by atoms with van der Waals surface area (Å²) in [7, 11) is 0. The number of rotatable bonds is 4. The second-order valence-corrected chi connectivity index (χ2v) is 10.9. The minimum Gasteiger partial charge on any atom is -0.327 e. The number of anilines is 1. The first-order valence-electron chi connectivity index (χ1n) is 14.2. The smallest absolute Gasteiger partial charge is 0.230 e. The number of aromatic nitrogens is 3. The summed E-state index contributed by atoms with van der Waals surface area (Å²) in [6.45, 7) is 0. The van der Waals surface area contributed by atoms with Gasteiger partial charge in [-0.05, 0) is 28.0 Å². The molecule has 0 radical (unpaired) electrons. The summed E-state index contributed by atoms with van der Waals surface area (Å²) in [4.78, 5) is 17.6. The number of benzene rings is 4. The average Bonchev–Trinajstić information content (AvgIpc) is 3.39. The van der Waals surface area contributed by atoms with E-state index in [2.05, 4.69) is 132 Å². The van der Waals surface area contributed by atoms with Gasteiger partial charge < -0.3 is 4.90 Å². The van der Waals surface area contributed by atoms with E-state index >= 15 is 0 Å². The topological polar surface area (TPSA) is 41.9 Å². The highest BCUT2D eigenvalue weighted by Crippen LogP contribution is 2.43. The third kappa shape index (κ3) is 4.20. The molecule has 4 aromatic carbocycles. The first-order chi connectivity index (χ1) is 20.3. The van der Waals surface area contributed by atoms with Gasteiger partial charge in [0, 0.05) is 23.0 Å². The molecular weight excluding hydrogens is 500 g/mol. The van der Waals surface area contributed by atoms with E-state index in [9.17, 15) is 0 Å². The van der Waals surface area contributed by atoms with Gasteiger partial charge in [-0.3, -0.25) is 0 Å². The maximum atomic E-state index is 5.12. The minimum absolute atomic E-state index is 0.191. The average molecular weight is 529 g/mol. The van der Waals surface area contributed by atoms with Crippen LogP contribution in [0.1, 0.15) is 0 Å². The van der Waals surface area contributed by atoms with Gasteiger partial charge in [-0.2, -0.15) is 9.97 Å². The molecule has 2 heterocycles. The fourth-order valence-corrected chi connectivity index (χ4v) is 6.47. The molecule has 41 heavy (non-hydrogen) atoms. The van der Waals surface area contributed by atoms with E-state index in [-0.39, 0.29) is 12.1 Å². The quantitative estimate of drug-likeness (QED) is 0.237. The molecule has 5 aromatic rings. The van der Waals surface area contributed by atoms with Crippen molar-refractivity contribution in [2.75, 3.05) is 4.90 Å². The molecule has 1 aliphatic heterocycles. The molecule has 4 heteroatoms. The predicted octanol–water partition coefficient (Wildman–Crippen LogP) is 8.07. The molecule has 4 unspecified atom stereocenters. The lowest BCUT2D eigenvalue weighted by atomic mass is 9.83. The number of fused-ring (bicyclic) bond motifs is 4. The van der Waals surface area contributed by atoms with E-state index in [0.717, 1.165) is 17.1 Å². The zero-order valence-electron chi connectivity index (χ0n) is 22.5. The lowest BCUT2D eigenvalue weighted by Gasteiger charge is -2.30. The van der Waals surface area contributed by atoms with Crippen LogP contribution in [0.4, 0.5) is 5.95 Å². The molecule has 0 spiro atoms. The monoisotopic (exact) mass is 528 g/mol. The Morgan fingerprint density at radius 1 is 0.439 bits per heavy atom. The summed E-state index contributed by atoms with van der Waals surface area (Å²) < 4.78 is 0. The molecular formula is C37H28N4. The van der Waals surface area contributed by atoms with Crippen molar-refractivity contribution in [1.29, 1.82) is 0 Å². The zero-order valence-corrected chi connectivity index (χ0v) is 22.5. The minimum atomic E-state index is 0.191. The Kier molecular flexibility index (Phi) is 5.70. The molecule has 0 N–H and O–H groups in total. The van der Waals surface area contributed by atoms with E-state index in [1.54, 1.807) is 0 Å². The van der Waals surface area contributed by atoms with Crippen LogP contribution in [0.5, 0.6) is 0 Å². The van der Waals surface area contributed by atoms with Crippen LogP contribution in [0.15, 0.2) is 146 Å². The molecule has 0 bridgehead atoms. The molecule has 2 aliphatic carbocycles. The largest absolute Gasteiger partial charge is 0.327 e. The molecule has 196 valence electrons.